The van der Waals surface area contributed by atoms with Gasteiger partial charge in [-0.15, -0.1) is 0 Å². The molecule has 0 aromatic carbocycles. The molecule has 0 saturated heterocycles. The van der Waals surface area contributed by atoms with E-state index in [1.807, 2.05) is 0 Å². The summed E-state index contributed by atoms with van der Waals surface area (Å²) < 4.78 is 0. The van der Waals surface area contributed by atoms with Gasteiger partial charge in [0.2, 0.25) is 0 Å². The molecule has 92 valence electrons. The second-order valence-corrected chi connectivity index (χ2v) is 5.40. The molecule has 0 aliphatic heterocycles. The molecule has 0 amide bonds. The average molecular weight is 214 g/mol. The lowest BCUT2D eigenvalue weighted by atomic mass is 9.76. The molecule has 1 N–H and O–H groups in total. The number of aliphatic hydroxyl groups excluding tert-OH is 1. The molecule has 1 heteroatoms. The van der Waals surface area contributed by atoms with Crippen LogP contribution in [-0.2, 0) is 0 Å². The minimum absolute atomic E-state index is 0.227. The first-order valence-electron chi connectivity index (χ1n) is 6.71. The molecule has 1 nitrogen and oxygen atoms in total. The normalized spacial score (nSPS) is 15.6. The molecule has 0 spiro atoms. The van der Waals surface area contributed by atoms with Gasteiger partial charge in [0.15, 0.2) is 0 Å². The summed E-state index contributed by atoms with van der Waals surface area (Å²) in [5.41, 5.74) is 0.227. The second kappa shape index (κ2) is 8.15. The smallest absolute Gasteiger partial charge is 0.0487 e. The van der Waals surface area contributed by atoms with E-state index in [9.17, 15) is 5.11 Å². The van der Waals surface area contributed by atoms with Crippen LogP contribution in [0.15, 0.2) is 0 Å². The largest absolute Gasteiger partial charge is 0.396 e. The number of hydrogen-bond acceptors (Lipinski definition) is 1. The number of aliphatic hydroxyl groups is 1. The molecule has 1 atom stereocenters. The van der Waals surface area contributed by atoms with Crippen molar-refractivity contribution in [2.75, 3.05) is 6.61 Å². The Labute approximate surface area is 96.3 Å². The molecule has 15 heavy (non-hydrogen) atoms. The van der Waals surface area contributed by atoms with Gasteiger partial charge in [0.05, 0.1) is 0 Å². The van der Waals surface area contributed by atoms with E-state index in [1.165, 1.54) is 38.5 Å². The summed E-state index contributed by atoms with van der Waals surface area (Å²) in [7, 11) is 0. The maximum Gasteiger partial charge on any atom is 0.0487 e. The van der Waals surface area contributed by atoms with Crippen molar-refractivity contribution in [3.05, 3.63) is 0 Å². The van der Waals surface area contributed by atoms with Crippen LogP contribution >= 0.6 is 0 Å². The van der Waals surface area contributed by atoms with E-state index < -0.39 is 0 Å². The summed E-state index contributed by atoms with van der Waals surface area (Å²) in [5, 5.41) is 9.57. The van der Waals surface area contributed by atoms with E-state index in [0.29, 0.717) is 6.61 Å². The van der Waals surface area contributed by atoms with Crippen molar-refractivity contribution in [1.82, 2.24) is 0 Å². The van der Waals surface area contributed by atoms with E-state index in [4.69, 9.17) is 0 Å². The van der Waals surface area contributed by atoms with Crippen molar-refractivity contribution >= 4 is 0 Å². The number of hydrogen-bond donors (Lipinski definition) is 1. The molecule has 0 aromatic heterocycles. The van der Waals surface area contributed by atoms with Gasteiger partial charge in [0, 0.05) is 6.61 Å². The molecule has 0 aliphatic rings. The average Bonchev–Trinajstić information content (AvgIpc) is 2.23. The quantitative estimate of drug-likeness (QED) is 0.603. The van der Waals surface area contributed by atoms with Gasteiger partial charge in [0.25, 0.3) is 0 Å². The summed E-state index contributed by atoms with van der Waals surface area (Å²) in [5.74, 6) is 0.796. The Balaban J connectivity index is 3.99. The molecule has 0 radical (unpaired) electrons. The van der Waals surface area contributed by atoms with Gasteiger partial charge >= 0.3 is 0 Å². The second-order valence-electron chi connectivity index (χ2n) is 5.40. The molecular formula is C14H30O. The highest BCUT2D eigenvalue weighted by Gasteiger charge is 2.25. The fourth-order valence-electron chi connectivity index (χ4n) is 2.19. The van der Waals surface area contributed by atoms with Crippen LogP contribution in [-0.4, -0.2) is 11.7 Å². The van der Waals surface area contributed by atoms with Crippen molar-refractivity contribution < 1.29 is 5.11 Å². The third kappa shape index (κ3) is 6.19. The molecule has 0 heterocycles. The Morgan fingerprint density at radius 3 is 2.07 bits per heavy atom. The van der Waals surface area contributed by atoms with Gasteiger partial charge in [0.1, 0.15) is 0 Å². The van der Waals surface area contributed by atoms with Crippen LogP contribution in [0.3, 0.4) is 0 Å². The molecule has 0 rings (SSSR count). The van der Waals surface area contributed by atoms with E-state index in [2.05, 4.69) is 27.7 Å². The Kier molecular flexibility index (Phi) is 8.13. The third-order valence-corrected chi connectivity index (χ3v) is 3.63. The first-order valence-corrected chi connectivity index (χ1v) is 6.71. The van der Waals surface area contributed by atoms with Gasteiger partial charge in [-0.1, -0.05) is 53.4 Å². The van der Waals surface area contributed by atoms with Crippen molar-refractivity contribution in [3.63, 3.8) is 0 Å². The van der Waals surface area contributed by atoms with Gasteiger partial charge in [-0.2, -0.15) is 0 Å². The van der Waals surface area contributed by atoms with Gasteiger partial charge in [-0.3, -0.25) is 0 Å². The van der Waals surface area contributed by atoms with Crippen LogP contribution in [0.2, 0.25) is 0 Å². The van der Waals surface area contributed by atoms with Crippen LogP contribution < -0.4 is 0 Å². The molecular weight excluding hydrogens is 184 g/mol. The lowest BCUT2D eigenvalue weighted by Crippen LogP contribution is -2.24. The fraction of sp³-hybridized carbons (Fsp3) is 1.00. The van der Waals surface area contributed by atoms with E-state index in [1.54, 1.807) is 0 Å². The summed E-state index contributed by atoms with van der Waals surface area (Å²) in [6.45, 7) is 9.38. The lowest BCUT2D eigenvalue weighted by Gasteiger charge is -2.31. The summed E-state index contributed by atoms with van der Waals surface area (Å²) in [6.07, 6.45) is 8.61. The molecule has 0 aliphatic carbocycles. The Hall–Kier alpha value is -0.0400. The zero-order valence-electron chi connectivity index (χ0n) is 11.2. The van der Waals surface area contributed by atoms with E-state index >= 15 is 0 Å². The minimum Gasteiger partial charge on any atom is -0.396 e. The first-order chi connectivity index (χ1) is 7.10. The molecule has 0 saturated carbocycles. The number of rotatable bonds is 9. The van der Waals surface area contributed by atoms with Crippen LogP contribution in [0.5, 0.6) is 0 Å². The number of unbranched alkanes of at least 4 members (excludes halogenated alkanes) is 1. The van der Waals surface area contributed by atoms with Crippen molar-refractivity contribution in [2.45, 2.75) is 72.6 Å². The lowest BCUT2D eigenvalue weighted by molar-refractivity contribution is 0.0935. The van der Waals surface area contributed by atoms with Crippen molar-refractivity contribution in [1.29, 1.82) is 0 Å². The van der Waals surface area contributed by atoms with Crippen molar-refractivity contribution in [3.8, 4) is 0 Å². The maximum atomic E-state index is 9.57. The third-order valence-electron chi connectivity index (χ3n) is 3.63. The molecule has 0 fully saturated rings. The fourth-order valence-corrected chi connectivity index (χ4v) is 2.19. The highest BCUT2D eigenvalue weighted by Crippen LogP contribution is 2.34. The van der Waals surface area contributed by atoms with Crippen LogP contribution in [0.4, 0.5) is 0 Å². The monoisotopic (exact) mass is 214 g/mol. The van der Waals surface area contributed by atoms with E-state index in [0.717, 1.165) is 12.3 Å². The zero-order chi connectivity index (χ0) is 11.7. The SMILES string of the molecule is CCCCC(CC)(CO)CCCC(C)C. The van der Waals surface area contributed by atoms with Crippen LogP contribution in [0, 0.1) is 11.3 Å². The Bertz CT molecular complexity index is 136. The first kappa shape index (κ1) is 15.0. The molecule has 0 bridgehead atoms. The highest BCUT2D eigenvalue weighted by molar-refractivity contribution is 4.77. The van der Waals surface area contributed by atoms with Crippen molar-refractivity contribution in [2.24, 2.45) is 11.3 Å². The zero-order valence-corrected chi connectivity index (χ0v) is 11.2. The minimum atomic E-state index is 0.227. The van der Waals surface area contributed by atoms with E-state index in [-0.39, 0.29) is 5.41 Å². The van der Waals surface area contributed by atoms with Gasteiger partial charge < -0.3 is 5.11 Å². The molecule has 1 unspecified atom stereocenters. The Morgan fingerprint density at radius 2 is 1.67 bits per heavy atom. The van der Waals surface area contributed by atoms with Gasteiger partial charge in [-0.05, 0) is 30.6 Å². The predicted molar refractivity (Wildman–Crippen MR) is 68.0 cm³/mol. The highest BCUT2D eigenvalue weighted by atomic mass is 16.3. The van der Waals surface area contributed by atoms with Crippen LogP contribution in [0.1, 0.15) is 72.6 Å². The summed E-state index contributed by atoms with van der Waals surface area (Å²) in [6, 6.07) is 0. The summed E-state index contributed by atoms with van der Waals surface area (Å²) in [4.78, 5) is 0. The van der Waals surface area contributed by atoms with Crippen LogP contribution in [0.25, 0.3) is 0 Å². The maximum absolute atomic E-state index is 9.57. The van der Waals surface area contributed by atoms with Gasteiger partial charge in [-0.25, -0.2) is 0 Å². The molecule has 0 aromatic rings. The topological polar surface area (TPSA) is 20.2 Å². The summed E-state index contributed by atoms with van der Waals surface area (Å²) >= 11 is 0. The Morgan fingerprint density at radius 1 is 1.07 bits per heavy atom. The standard InChI is InChI=1S/C14H30O/c1-5-7-10-14(6-2,12-15)11-8-9-13(3)4/h13,15H,5-12H2,1-4H3. The predicted octanol–water partition coefficient (Wildman–Crippen LogP) is 4.39.